The van der Waals surface area contributed by atoms with Gasteiger partial charge >= 0.3 is 0 Å². The van der Waals surface area contributed by atoms with Crippen molar-refractivity contribution < 1.29 is 8.42 Å². The molecule has 0 N–H and O–H groups in total. The van der Waals surface area contributed by atoms with Crippen molar-refractivity contribution >= 4 is 9.84 Å². The van der Waals surface area contributed by atoms with E-state index in [-0.39, 0.29) is 0 Å². The lowest BCUT2D eigenvalue weighted by Gasteiger charge is -1.98. The summed E-state index contributed by atoms with van der Waals surface area (Å²) in [4.78, 5) is 0.328. The highest BCUT2D eigenvalue weighted by molar-refractivity contribution is 7.94. The summed E-state index contributed by atoms with van der Waals surface area (Å²) in [6.07, 6.45) is 2.30. The van der Waals surface area contributed by atoms with Gasteiger partial charge in [-0.25, -0.2) is 8.42 Å². The average molecular weight is 258 g/mol. The average Bonchev–Trinajstić information content (AvgIpc) is 2.41. The predicted octanol–water partition coefficient (Wildman–Crippen LogP) is 3.22. The van der Waals surface area contributed by atoms with E-state index in [4.69, 9.17) is 0 Å². The van der Waals surface area contributed by atoms with Gasteiger partial charge in [0, 0.05) is 5.41 Å². The molecule has 0 spiro atoms. The van der Waals surface area contributed by atoms with Crippen LogP contribution in [0.2, 0.25) is 0 Å². The van der Waals surface area contributed by atoms with Gasteiger partial charge in [-0.15, -0.1) is 0 Å². The van der Waals surface area contributed by atoms with Crippen molar-refractivity contribution in [2.45, 2.75) is 11.3 Å². The van der Waals surface area contributed by atoms with Gasteiger partial charge in [0.05, 0.1) is 4.90 Å². The smallest absolute Gasteiger partial charge is 0.199 e. The molecule has 2 nitrogen and oxygen atoms in total. The van der Waals surface area contributed by atoms with Crippen LogP contribution in [-0.4, -0.2) is 8.42 Å². The molecule has 2 rings (SSSR count). The summed E-state index contributed by atoms with van der Waals surface area (Å²) in [5.74, 6) is 0. The highest BCUT2D eigenvalue weighted by Crippen LogP contribution is 2.11. The lowest BCUT2D eigenvalue weighted by Crippen LogP contribution is -1.95. The highest BCUT2D eigenvalue weighted by atomic mass is 32.2. The molecule has 2 aromatic rings. The third-order valence-corrected chi connectivity index (χ3v) is 4.02. The van der Waals surface area contributed by atoms with Gasteiger partial charge in [0.15, 0.2) is 9.84 Å². The normalized spacial score (nSPS) is 11.8. The van der Waals surface area contributed by atoms with Crippen molar-refractivity contribution in [3.8, 4) is 0 Å². The van der Waals surface area contributed by atoms with Crippen LogP contribution in [0.4, 0.5) is 0 Å². The Morgan fingerprint density at radius 2 is 1.39 bits per heavy atom. The Hall–Kier alpha value is -1.87. The zero-order chi connectivity index (χ0) is 12.8. The van der Waals surface area contributed by atoms with Crippen LogP contribution in [0.1, 0.15) is 5.56 Å². The van der Waals surface area contributed by atoms with Gasteiger partial charge in [-0.05, 0) is 24.1 Å². The van der Waals surface area contributed by atoms with Crippen molar-refractivity contribution in [2.75, 3.05) is 0 Å². The standard InChI is InChI=1S/C15H14O2S/c16-18(17,15-11-5-2-6-12-15)13-7-10-14-8-3-1-4-9-14/h1-9,11-13H,10H2/b13-7-. The van der Waals surface area contributed by atoms with E-state index in [0.29, 0.717) is 11.3 Å². The van der Waals surface area contributed by atoms with Gasteiger partial charge in [0.25, 0.3) is 0 Å². The molecule has 0 aliphatic carbocycles. The number of allylic oxidation sites excluding steroid dienone is 1. The van der Waals surface area contributed by atoms with Crippen molar-refractivity contribution in [3.05, 3.63) is 77.7 Å². The third-order valence-electron chi connectivity index (χ3n) is 2.54. The van der Waals surface area contributed by atoms with E-state index in [2.05, 4.69) is 0 Å². The molecule has 0 aliphatic heterocycles. The minimum atomic E-state index is -3.31. The number of hydrogen-bond donors (Lipinski definition) is 0. The fourth-order valence-corrected chi connectivity index (χ4v) is 2.66. The molecule has 0 unspecified atom stereocenters. The van der Waals surface area contributed by atoms with Gasteiger partial charge in [-0.3, -0.25) is 0 Å². The first kappa shape index (κ1) is 12.6. The van der Waals surface area contributed by atoms with Gasteiger partial charge < -0.3 is 0 Å². The molecule has 0 aliphatic rings. The van der Waals surface area contributed by atoms with Crippen LogP contribution >= 0.6 is 0 Å². The first-order chi connectivity index (χ1) is 8.68. The van der Waals surface area contributed by atoms with Crippen molar-refractivity contribution in [2.24, 2.45) is 0 Å². The van der Waals surface area contributed by atoms with E-state index in [1.165, 1.54) is 5.41 Å². The highest BCUT2D eigenvalue weighted by Gasteiger charge is 2.08. The number of hydrogen-bond acceptors (Lipinski definition) is 2. The Kier molecular flexibility index (Phi) is 3.95. The van der Waals surface area contributed by atoms with Crippen LogP contribution < -0.4 is 0 Å². The summed E-state index contributed by atoms with van der Waals surface area (Å²) < 4.78 is 23.9. The first-order valence-corrected chi connectivity index (χ1v) is 7.24. The zero-order valence-electron chi connectivity index (χ0n) is 9.86. The number of benzene rings is 2. The molecular formula is C15H14O2S. The van der Waals surface area contributed by atoms with Crippen LogP contribution in [0, 0.1) is 0 Å². The van der Waals surface area contributed by atoms with Crippen molar-refractivity contribution in [3.63, 3.8) is 0 Å². The molecular weight excluding hydrogens is 244 g/mol. The maximum atomic E-state index is 11.9. The molecule has 0 heterocycles. The number of rotatable bonds is 4. The summed E-state index contributed by atoms with van der Waals surface area (Å²) in [5, 5.41) is 1.27. The number of sulfone groups is 1. The molecule has 0 atom stereocenters. The second-order valence-corrected chi connectivity index (χ2v) is 5.75. The quantitative estimate of drug-likeness (QED) is 0.843. The lowest BCUT2D eigenvalue weighted by molar-refractivity contribution is 0.604. The van der Waals surface area contributed by atoms with Gasteiger partial charge in [0.2, 0.25) is 0 Å². The molecule has 0 saturated carbocycles. The SMILES string of the molecule is O=S(=O)(/C=C\Cc1ccccc1)c1ccccc1. The molecule has 92 valence electrons. The Morgan fingerprint density at radius 1 is 0.833 bits per heavy atom. The summed E-state index contributed by atoms with van der Waals surface area (Å²) in [7, 11) is -3.31. The first-order valence-electron chi connectivity index (χ1n) is 5.69. The van der Waals surface area contributed by atoms with E-state index < -0.39 is 9.84 Å². The minimum absolute atomic E-state index is 0.328. The van der Waals surface area contributed by atoms with E-state index in [1.807, 2.05) is 30.3 Å². The molecule has 0 amide bonds. The summed E-state index contributed by atoms with van der Waals surface area (Å²) >= 11 is 0. The van der Waals surface area contributed by atoms with Crippen molar-refractivity contribution in [1.82, 2.24) is 0 Å². The fourth-order valence-electron chi connectivity index (χ4n) is 1.61. The van der Waals surface area contributed by atoms with Gasteiger partial charge in [-0.2, -0.15) is 0 Å². The Balaban J connectivity index is 2.10. The summed E-state index contributed by atoms with van der Waals surface area (Å²) in [6, 6.07) is 18.2. The van der Waals surface area contributed by atoms with E-state index in [1.54, 1.807) is 36.4 Å². The van der Waals surface area contributed by atoms with Crippen LogP contribution in [0.15, 0.2) is 77.0 Å². The van der Waals surface area contributed by atoms with Crippen LogP contribution in [0.3, 0.4) is 0 Å². The van der Waals surface area contributed by atoms with Crippen molar-refractivity contribution in [1.29, 1.82) is 0 Å². The zero-order valence-corrected chi connectivity index (χ0v) is 10.7. The predicted molar refractivity (Wildman–Crippen MR) is 72.9 cm³/mol. The Morgan fingerprint density at radius 3 is 2.00 bits per heavy atom. The summed E-state index contributed by atoms with van der Waals surface area (Å²) in [6.45, 7) is 0. The molecule has 0 fully saturated rings. The molecule has 2 aromatic carbocycles. The molecule has 3 heteroatoms. The maximum absolute atomic E-state index is 11.9. The monoisotopic (exact) mass is 258 g/mol. The van der Waals surface area contributed by atoms with Gasteiger partial charge in [0.1, 0.15) is 0 Å². The van der Waals surface area contributed by atoms with E-state index in [9.17, 15) is 8.42 Å². The molecule has 0 bridgehead atoms. The molecule has 18 heavy (non-hydrogen) atoms. The lowest BCUT2D eigenvalue weighted by atomic mass is 10.2. The van der Waals surface area contributed by atoms with E-state index in [0.717, 1.165) is 5.56 Å². The van der Waals surface area contributed by atoms with Crippen LogP contribution in [0.5, 0.6) is 0 Å². The minimum Gasteiger partial charge on any atom is -0.219 e. The van der Waals surface area contributed by atoms with Gasteiger partial charge in [-0.1, -0.05) is 54.6 Å². The fraction of sp³-hybridized carbons (Fsp3) is 0.0667. The molecule has 0 radical (unpaired) electrons. The topological polar surface area (TPSA) is 34.1 Å². The second kappa shape index (κ2) is 5.65. The van der Waals surface area contributed by atoms with E-state index >= 15 is 0 Å². The largest absolute Gasteiger partial charge is 0.219 e. The third kappa shape index (κ3) is 3.31. The summed E-state index contributed by atoms with van der Waals surface area (Å²) in [5.41, 5.74) is 1.09. The van der Waals surface area contributed by atoms with Crippen LogP contribution in [0.25, 0.3) is 0 Å². The molecule has 0 aromatic heterocycles. The second-order valence-electron chi connectivity index (χ2n) is 3.92. The molecule has 0 saturated heterocycles. The Bertz CT molecular complexity index is 614. The maximum Gasteiger partial charge on any atom is 0.199 e. The van der Waals surface area contributed by atoms with Crippen LogP contribution in [-0.2, 0) is 16.3 Å². The Labute approximate surface area is 108 Å².